The van der Waals surface area contributed by atoms with Crippen molar-refractivity contribution in [3.8, 4) is 0 Å². The normalized spacial score (nSPS) is 12.1. The highest BCUT2D eigenvalue weighted by atomic mass is 19.4. The average molecular weight is 289 g/mol. The summed E-state index contributed by atoms with van der Waals surface area (Å²) in [6, 6.07) is 5.59. The lowest BCUT2D eigenvalue weighted by Gasteiger charge is -2.04. The Morgan fingerprint density at radius 3 is 2.25 bits per heavy atom. The molecule has 108 valence electrons. The van der Waals surface area contributed by atoms with Crippen molar-refractivity contribution in [1.82, 2.24) is 0 Å². The molecule has 0 aliphatic carbocycles. The van der Waals surface area contributed by atoms with Crippen LogP contribution in [0.15, 0.2) is 36.0 Å². The van der Waals surface area contributed by atoms with E-state index in [1.807, 2.05) is 0 Å². The summed E-state index contributed by atoms with van der Waals surface area (Å²) in [5, 5.41) is 0.972. The highest BCUT2D eigenvalue weighted by Crippen LogP contribution is 2.20. The first kappa shape index (κ1) is 15.7. The molecule has 1 rings (SSSR count). The van der Waals surface area contributed by atoms with Gasteiger partial charge < -0.3 is 10.5 Å². The van der Waals surface area contributed by atoms with Crippen molar-refractivity contribution in [2.24, 2.45) is 5.73 Å². The van der Waals surface area contributed by atoms with Gasteiger partial charge in [-0.05, 0) is 12.1 Å². The van der Waals surface area contributed by atoms with Crippen molar-refractivity contribution in [2.75, 3.05) is 7.11 Å². The molecule has 4 N–H and O–H groups in total. The quantitative estimate of drug-likeness (QED) is 0.485. The molecule has 1 amide bonds. The van der Waals surface area contributed by atoms with E-state index in [9.17, 15) is 22.8 Å². The van der Waals surface area contributed by atoms with Gasteiger partial charge in [-0.2, -0.15) is 13.2 Å². The zero-order chi connectivity index (χ0) is 15.3. The summed E-state index contributed by atoms with van der Waals surface area (Å²) in [6.07, 6.45) is -4.44. The number of primary amides is 1. The van der Waals surface area contributed by atoms with E-state index in [1.165, 1.54) is 31.4 Å². The molecule has 0 saturated carbocycles. The van der Waals surface area contributed by atoms with Gasteiger partial charge in [-0.25, -0.2) is 14.9 Å². The molecule has 0 aromatic heterocycles. The first-order valence-electron chi connectivity index (χ1n) is 5.35. The fraction of sp³-hybridized carbons (Fsp3) is 0.167. The van der Waals surface area contributed by atoms with Crippen LogP contribution in [-0.4, -0.2) is 25.2 Å². The number of esters is 1. The number of amides is 1. The number of alkyl halides is 3. The van der Waals surface area contributed by atoms with E-state index in [2.05, 4.69) is 4.74 Å². The van der Waals surface area contributed by atoms with E-state index < -0.39 is 23.7 Å². The molecule has 0 spiro atoms. The minimum atomic E-state index is -4.74. The Bertz CT molecular complexity index is 536. The van der Waals surface area contributed by atoms with E-state index in [1.54, 1.807) is 0 Å². The third kappa shape index (κ3) is 4.39. The lowest BCUT2D eigenvalue weighted by Crippen LogP contribution is -2.81. The SMILES string of the molecule is COC(=O)c1ccc([NH2+]C(=O)/C=C(\N)C(F)(F)F)cc1. The maximum Gasteiger partial charge on any atom is 0.431 e. The summed E-state index contributed by atoms with van der Waals surface area (Å²) in [5.41, 5.74) is 3.86. The third-order valence-corrected chi connectivity index (χ3v) is 2.27. The molecule has 8 heteroatoms. The smallest absolute Gasteiger partial charge is 0.431 e. The van der Waals surface area contributed by atoms with Crippen molar-refractivity contribution in [2.45, 2.75) is 6.18 Å². The van der Waals surface area contributed by atoms with E-state index in [4.69, 9.17) is 5.73 Å². The third-order valence-electron chi connectivity index (χ3n) is 2.27. The molecule has 1 aromatic rings. The molecule has 5 nitrogen and oxygen atoms in total. The van der Waals surface area contributed by atoms with E-state index in [0.29, 0.717) is 11.8 Å². The van der Waals surface area contributed by atoms with E-state index in [0.717, 1.165) is 5.32 Å². The standard InChI is InChI=1S/C12H11F3N2O3/c1-20-11(19)7-2-4-8(5-3-7)17-10(18)6-9(16)12(13,14)15/h2-6H,16H2,1H3,(H,17,18)/p+1/b9-6-. The van der Waals surface area contributed by atoms with Crippen LogP contribution in [0, 0.1) is 0 Å². The summed E-state index contributed by atoms with van der Waals surface area (Å²) in [6.45, 7) is 0. The second kappa shape index (κ2) is 6.20. The van der Waals surface area contributed by atoms with Gasteiger partial charge in [0, 0.05) is 12.1 Å². The Morgan fingerprint density at radius 1 is 1.25 bits per heavy atom. The predicted molar refractivity (Wildman–Crippen MR) is 62.7 cm³/mol. The molecular weight excluding hydrogens is 277 g/mol. The Hall–Kier alpha value is -2.35. The van der Waals surface area contributed by atoms with Crippen LogP contribution in [-0.2, 0) is 9.53 Å². The first-order valence-corrected chi connectivity index (χ1v) is 5.35. The second-order valence-electron chi connectivity index (χ2n) is 3.76. The summed E-state index contributed by atoms with van der Waals surface area (Å²) in [5.74, 6) is -1.45. The maximum atomic E-state index is 12.1. The van der Waals surface area contributed by atoms with Gasteiger partial charge in [-0.3, -0.25) is 0 Å². The number of ether oxygens (including phenoxy) is 1. The van der Waals surface area contributed by atoms with Crippen LogP contribution < -0.4 is 11.1 Å². The molecule has 0 atom stereocenters. The van der Waals surface area contributed by atoms with Crippen molar-refractivity contribution >= 4 is 17.6 Å². The van der Waals surface area contributed by atoms with E-state index in [-0.39, 0.29) is 5.56 Å². The number of hydrogen-bond donors (Lipinski definition) is 2. The summed E-state index contributed by atoms with van der Waals surface area (Å²) in [4.78, 5) is 22.5. The van der Waals surface area contributed by atoms with Gasteiger partial charge in [0.05, 0.1) is 18.7 Å². The van der Waals surface area contributed by atoms with Crippen LogP contribution in [0.2, 0.25) is 0 Å². The summed E-state index contributed by atoms with van der Waals surface area (Å²) < 4.78 is 40.8. The number of hydrogen-bond acceptors (Lipinski definition) is 4. The number of rotatable bonds is 3. The van der Waals surface area contributed by atoms with Crippen LogP contribution in [0.4, 0.5) is 18.9 Å². The number of benzene rings is 1. The topological polar surface area (TPSA) is 86.0 Å². The van der Waals surface area contributed by atoms with Gasteiger partial charge in [-0.15, -0.1) is 0 Å². The van der Waals surface area contributed by atoms with Gasteiger partial charge in [0.1, 0.15) is 11.4 Å². The zero-order valence-corrected chi connectivity index (χ0v) is 10.4. The molecule has 0 aliphatic heterocycles. The molecule has 0 fully saturated rings. The number of methoxy groups -OCH3 is 1. The van der Waals surface area contributed by atoms with E-state index >= 15 is 0 Å². The van der Waals surface area contributed by atoms with Crippen molar-refractivity contribution in [1.29, 1.82) is 0 Å². The Morgan fingerprint density at radius 2 is 1.80 bits per heavy atom. The molecule has 0 unspecified atom stereocenters. The van der Waals surface area contributed by atoms with Gasteiger partial charge in [0.15, 0.2) is 0 Å². The molecule has 0 aliphatic rings. The van der Waals surface area contributed by atoms with Crippen LogP contribution in [0.1, 0.15) is 10.4 Å². The molecule has 0 bridgehead atoms. The number of quaternary nitrogens is 1. The predicted octanol–water partition coefficient (Wildman–Crippen LogP) is 0.600. The van der Waals surface area contributed by atoms with Crippen molar-refractivity contribution < 1.29 is 32.8 Å². The van der Waals surface area contributed by atoms with Gasteiger partial charge in [0.25, 0.3) is 0 Å². The number of nitrogens with two attached hydrogens (primary N) is 2. The largest absolute Gasteiger partial charge is 0.465 e. The van der Waals surface area contributed by atoms with Crippen LogP contribution in [0.3, 0.4) is 0 Å². The second-order valence-corrected chi connectivity index (χ2v) is 3.76. The number of halogens is 3. The average Bonchev–Trinajstić information content (AvgIpc) is 2.37. The zero-order valence-electron chi connectivity index (χ0n) is 10.4. The van der Waals surface area contributed by atoms with Crippen molar-refractivity contribution in [3.05, 3.63) is 41.6 Å². The lowest BCUT2D eigenvalue weighted by molar-refractivity contribution is -0.478. The summed E-state index contributed by atoms with van der Waals surface area (Å²) in [7, 11) is 1.22. The highest BCUT2D eigenvalue weighted by molar-refractivity contribution is 5.89. The van der Waals surface area contributed by atoms with Crippen LogP contribution >= 0.6 is 0 Å². The molecule has 0 heterocycles. The minimum Gasteiger partial charge on any atom is -0.465 e. The lowest BCUT2D eigenvalue weighted by atomic mass is 10.2. The Balaban J connectivity index is 2.75. The number of carbonyl (C=O) groups is 2. The van der Waals surface area contributed by atoms with Gasteiger partial charge >= 0.3 is 18.1 Å². The Labute approximate surface area is 112 Å². The fourth-order valence-corrected chi connectivity index (χ4v) is 1.27. The van der Waals surface area contributed by atoms with Crippen LogP contribution in [0.5, 0.6) is 0 Å². The monoisotopic (exact) mass is 289 g/mol. The van der Waals surface area contributed by atoms with Crippen LogP contribution in [0.25, 0.3) is 0 Å². The van der Waals surface area contributed by atoms with Gasteiger partial charge in [-0.1, -0.05) is 0 Å². The highest BCUT2D eigenvalue weighted by Gasteiger charge is 2.32. The first-order chi connectivity index (χ1) is 9.24. The number of carbonyl (C=O) groups excluding carboxylic acids is 2. The minimum absolute atomic E-state index is 0.266. The molecular formula is C12H12F3N2O3+. The Kier molecular flexibility index (Phi) is 4.87. The van der Waals surface area contributed by atoms with Crippen molar-refractivity contribution in [3.63, 3.8) is 0 Å². The molecule has 20 heavy (non-hydrogen) atoms. The molecule has 0 radical (unpaired) electrons. The molecule has 0 saturated heterocycles. The summed E-state index contributed by atoms with van der Waals surface area (Å²) >= 11 is 0. The van der Waals surface area contributed by atoms with Gasteiger partial charge in [0.2, 0.25) is 0 Å². The fourth-order valence-electron chi connectivity index (χ4n) is 1.27. The molecule has 1 aromatic carbocycles. The number of allylic oxidation sites excluding steroid dienone is 1. The maximum absolute atomic E-state index is 12.1.